The number of halogens is 1. The van der Waals surface area contributed by atoms with Gasteiger partial charge in [0.05, 0.1) is 5.52 Å². The molecule has 1 fully saturated rings. The van der Waals surface area contributed by atoms with Crippen molar-refractivity contribution in [2.45, 2.75) is 25.8 Å². The zero-order valence-electron chi connectivity index (χ0n) is 12.9. The molecule has 1 amide bonds. The van der Waals surface area contributed by atoms with Gasteiger partial charge in [0, 0.05) is 38.5 Å². The predicted octanol–water partition coefficient (Wildman–Crippen LogP) is 0.815. The molecule has 1 saturated heterocycles. The van der Waals surface area contributed by atoms with Crippen molar-refractivity contribution >= 4 is 16.8 Å². The van der Waals surface area contributed by atoms with E-state index in [1.807, 2.05) is 11.8 Å². The summed E-state index contributed by atoms with van der Waals surface area (Å²) in [4.78, 5) is 33.0. The Kier molecular flexibility index (Phi) is 4.38. The molecule has 2 aromatic rings. The lowest BCUT2D eigenvalue weighted by Gasteiger charge is -2.34. The standard InChI is InChI=1S/C16H19FN4O2/c1-10-9-18-7-8-21(10)14(22)6-5-13-19-12-4-2-3-11(17)15(12)16(23)20-13/h2-4,10,18H,5-9H2,1H3,(H,19,20,23)/t10-/m0/s1. The number of H-pyrrole nitrogens is 1. The number of hydrogen-bond donors (Lipinski definition) is 2. The number of nitrogens with one attached hydrogen (secondary N) is 2. The van der Waals surface area contributed by atoms with E-state index in [-0.39, 0.29) is 23.8 Å². The number of carbonyl (C=O) groups excluding carboxylic acids is 1. The van der Waals surface area contributed by atoms with Crippen LogP contribution in [0.2, 0.25) is 0 Å². The predicted molar refractivity (Wildman–Crippen MR) is 84.7 cm³/mol. The summed E-state index contributed by atoms with van der Waals surface area (Å²) in [5, 5.41) is 3.19. The van der Waals surface area contributed by atoms with Crippen molar-refractivity contribution in [2.24, 2.45) is 0 Å². The zero-order chi connectivity index (χ0) is 16.4. The van der Waals surface area contributed by atoms with Gasteiger partial charge in [0.1, 0.15) is 17.0 Å². The molecule has 0 unspecified atom stereocenters. The molecule has 6 nitrogen and oxygen atoms in total. The number of carbonyl (C=O) groups is 1. The number of aromatic nitrogens is 2. The maximum Gasteiger partial charge on any atom is 0.261 e. The minimum atomic E-state index is -0.589. The first kappa shape index (κ1) is 15.6. The highest BCUT2D eigenvalue weighted by molar-refractivity contribution is 5.78. The van der Waals surface area contributed by atoms with Gasteiger partial charge in [0.25, 0.3) is 5.56 Å². The Labute approximate surface area is 132 Å². The number of rotatable bonds is 3. The van der Waals surface area contributed by atoms with Gasteiger partial charge in [-0.1, -0.05) is 6.07 Å². The summed E-state index contributed by atoms with van der Waals surface area (Å²) in [6.07, 6.45) is 0.602. The van der Waals surface area contributed by atoms with E-state index in [1.165, 1.54) is 12.1 Å². The van der Waals surface area contributed by atoms with Gasteiger partial charge in [-0.05, 0) is 19.1 Å². The number of benzene rings is 1. The first-order chi connectivity index (χ1) is 11.1. The van der Waals surface area contributed by atoms with Crippen LogP contribution in [-0.2, 0) is 11.2 Å². The molecule has 122 valence electrons. The Balaban J connectivity index is 1.74. The summed E-state index contributed by atoms with van der Waals surface area (Å²) in [6.45, 7) is 4.27. The minimum absolute atomic E-state index is 0.0426. The van der Waals surface area contributed by atoms with Gasteiger partial charge in [-0.2, -0.15) is 0 Å². The Morgan fingerprint density at radius 2 is 2.30 bits per heavy atom. The van der Waals surface area contributed by atoms with Crippen molar-refractivity contribution in [3.05, 3.63) is 40.2 Å². The van der Waals surface area contributed by atoms with Crippen molar-refractivity contribution in [3.8, 4) is 0 Å². The van der Waals surface area contributed by atoms with E-state index in [2.05, 4.69) is 15.3 Å². The molecule has 1 aromatic heterocycles. The number of piperazine rings is 1. The third-order valence-electron chi connectivity index (χ3n) is 4.13. The molecule has 0 aliphatic carbocycles. The molecule has 1 aliphatic heterocycles. The zero-order valence-corrected chi connectivity index (χ0v) is 12.9. The van der Waals surface area contributed by atoms with Gasteiger partial charge in [-0.3, -0.25) is 9.59 Å². The molecule has 0 spiro atoms. The second-order valence-electron chi connectivity index (χ2n) is 5.79. The van der Waals surface area contributed by atoms with Crippen molar-refractivity contribution < 1.29 is 9.18 Å². The Morgan fingerprint density at radius 1 is 1.48 bits per heavy atom. The normalized spacial score (nSPS) is 18.3. The van der Waals surface area contributed by atoms with Crippen molar-refractivity contribution in [1.82, 2.24) is 20.2 Å². The van der Waals surface area contributed by atoms with Crippen LogP contribution in [0.15, 0.2) is 23.0 Å². The topological polar surface area (TPSA) is 78.1 Å². The summed E-state index contributed by atoms with van der Waals surface area (Å²) in [7, 11) is 0. The molecule has 3 rings (SSSR count). The number of aromatic amines is 1. The summed E-state index contributed by atoms with van der Waals surface area (Å²) in [5.41, 5.74) is -0.196. The van der Waals surface area contributed by atoms with Crippen LogP contribution in [0.5, 0.6) is 0 Å². The van der Waals surface area contributed by atoms with Crippen molar-refractivity contribution in [2.75, 3.05) is 19.6 Å². The molecule has 0 radical (unpaired) electrons. The number of amides is 1. The lowest BCUT2D eigenvalue weighted by molar-refractivity contribution is -0.133. The van der Waals surface area contributed by atoms with Gasteiger partial charge in [-0.25, -0.2) is 9.37 Å². The van der Waals surface area contributed by atoms with Crippen LogP contribution in [-0.4, -0.2) is 46.5 Å². The second-order valence-corrected chi connectivity index (χ2v) is 5.79. The highest BCUT2D eigenvalue weighted by Gasteiger charge is 2.22. The number of nitrogens with zero attached hydrogens (tertiary/aromatic N) is 2. The number of fused-ring (bicyclic) bond motifs is 1. The van der Waals surface area contributed by atoms with Crippen LogP contribution < -0.4 is 10.9 Å². The molecule has 7 heteroatoms. The molecule has 1 aliphatic rings. The maximum absolute atomic E-state index is 13.7. The van der Waals surface area contributed by atoms with E-state index in [1.54, 1.807) is 6.07 Å². The highest BCUT2D eigenvalue weighted by atomic mass is 19.1. The van der Waals surface area contributed by atoms with Crippen LogP contribution >= 0.6 is 0 Å². The number of hydrogen-bond acceptors (Lipinski definition) is 4. The molecule has 0 bridgehead atoms. The van der Waals surface area contributed by atoms with Gasteiger partial charge >= 0.3 is 0 Å². The van der Waals surface area contributed by atoms with Crippen molar-refractivity contribution in [3.63, 3.8) is 0 Å². The Morgan fingerprint density at radius 3 is 3.09 bits per heavy atom. The summed E-state index contributed by atoms with van der Waals surface area (Å²) < 4.78 is 13.7. The van der Waals surface area contributed by atoms with E-state index in [0.29, 0.717) is 24.3 Å². The fourth-order valence-corrected chi connectivity index (χ4v) is 2.90. The molecule has 1 aromatic carbocycles. The highest BCUT2D eigenvalue weighted by Crippen LogP contribution is 2.12. The fraction of sp³-hybridized carbons (Fsp3) is 0.438. The smallest absolute Gasteiger partial charge is 0.261 e. The third kappa shape index (κ3) is 3.24. The Hall–Kier alpha value is -2.28. The van der Waals surface area contributed by atoms with E-state index in [0.717, 1.165) is 13.1 Å². The summed E-state index contributed by atoms with van der Waals surface area (Å²) in [6, 6.07) is 4.50. The van der Waals surface area contributed by atoms with Gasteiger partial charge in [-0.15, -0.1) is 0 Å². The lowest BCUT2D eigenvalue weighted by atomic mass is 10.1. The largest absolute Gasteiger partial charge is 0.337 e. The average Bonchev–Trinajstić information content (AvgIpc) is 2.53. The average molecular weight is 318 g/mol. The molecule has 2 heterocycles. The van der Waals surface area contributed by atoms with Gasteiger partial charge < -0.3 is 15.2 Å². The quantitative estimate of drug-likeness (QED) is 0.878. The number of aryl methyl sites for hydroxylation is 1. The van der Waals surface area contributed by atoms with Gasteiger partial charge in [0.2, 0.25) is 5.91 Å². The molecule has 0 saturated carbocycles. The monoisotopic (exact) mass is 318 g/mol. The van der Waals surface area contributed by atoms with E-state index in [4.69, 9.17) is 0 Å². The summed E-state index contributed by atoms with van der Waals surface area (Å²) >= 11 is 0. The molecular formula is C16H19FN4O2. The fourth-order valence-electron chi connectivity index (χ4n) is 2.90. The van der Waals surface area contributed by atoms with Crippen LogP contribution in [0.3, 0.4) is 0 Å². The minimum Gasteiger partial charge on any atom is -0.337 e. The maximum atomic E-state index is 13.7. The van der Waals surface area contributed by atoms with Crippen LogP contribution in [0.1, 0.15) is 19.2 Å². The van der Waals surface area contributed by atoms with Gasteiger partial charge in [0.15, 0.2) is 0 Å². The second kappa shape index (κ2) is 6.45. The van der Waals surface area contributed by atoms with Crippen LogP contribution in [0.4, 0.5) is 4.39 Å². The summed E-state index contributed by atoms with van der Waals surface area (Å²) in [5.74, 6) is -0.140. The van der Waals surface area contributed by atoms with Crippen molar-refractivity contribution in [1.29, 1.82) is 0 Å². The molecular weight excluding hydrogens is 299 g/mol. The van der Waals surface area contributed by atoms with E-state index < -0.39 is 11.4 Å². The molecule has 1 atom stereocenters. The van der Waals surface area contributed by atoms with E-state index >= 15 is 0 Å². The van der Waals surface area contributed by atoms with Crippen LogP contribution in [0.25, 0.3) is 10.9 Å². The first-order valence-corrected chi connectivity index (χ1v) is 7.74. The third-order valence-corrected chi connectivity index (χ3v) is 4.13. The Bertz CT molecular complexity index is 789. The van der Waals surface area contributed by atoms with Crippen LogP contribution in [0, 0.1) is 5.82 Å². The lowest BCUT2D eigenvalue weighted by Crippen LogP contribution is -2.52. The molecule has 2 N–H and O–H groups in total. The van der Waals surface area contributed by atoms with E-state index in [9.17, 15) is 14.0 Å². The molecule has 23 heavy (non-hydrogen) atoms. The first-order valence-electron chi connectivity index (χ1n) is 7.74. The SMILES string of the molecule is C[C@H]1CNCCN1C(=O)CCc1nc2cccc(F)c2c(=O)[nH]1.